The third-order valence-electron chi connectivity index (χ3n) is 2.87. The van der Waals surface area contributed by atoms with E-state index in [1.165, 1.54) is 6.07 Å². The first-order valence-corrected chi connectivity index (χ1v) is 7.73. The van der Waals surface area contributed by atoms with E-state index in [0.717, 1.165) is 21.4 Å². The Hall–Kier alpha value is -1.70. The second-order valence-electron chi connectivity index (χ2n) is 4.35. The van der Waals surface area contributed by atoms with Gasteiger partial charge < -0.3 is 5.32 Å². The molecule has 2 aromatic rings. The highest BCUT2D eigenvalue weighted by Crippen LogP contribution is 2.20. The maximum Gasteiger partial charge on any atom is 0.284 e. The molecule has 0 saturated carbocycles. The van der Waals surface area contributed by atoms with Gasteiger partial charge in [0.2, 0.25) is 0 Å². The second-order valence-corrected chi connectivity index (χ2v) is 6.35. The first kappa shape index (κ1) is 15.7. The second kappa shape index (κ2) is 6.84. The minimum absolute atomic E-state index is 0.150. The van der Waals surface area contributed by atoms with Gasteiger partial charge in [-0.2, -0.15) is 0 Å². The van der Waals surface area contributed by atoms with Crippen molar-refractivity contribution >= 4 is 39.1 Å². The molecular formula is C14H13BrN2O3S. The van der Waals surface area contributed by atoms with Gasteiger partial charge in [-0.1, -0.05) is 28.1 Å². The number of hydrogen-bond donors (Lipinski definition) is 3. The van der Waals surface area contributed by atoms with E-state index in [9.17, 15) is 9.59 Å². The number of halogens is 1. The lowest BCUT2D eigenvalue weighted by Crippen LogP contribution is -2.25. The molecule has 0 aliphatic carbocycles. The molecule has 0 aliphatic heterocycles. The highest BCUT2D eigenvalue weighted by molar-refractivity contribution is 9.10. The van der Waals surface area contributed by atoms with Crippen molar-refractivity contribution in [3.63, 3.8) is 0 Å². The molecule has 1 atom stereocenters. The average Bonchev–Trinajstić information content (AvgIpc) is 2.97. The number of amides is 2. The summed E-state index contributed by atoms with van der Waals surface area (Å²) in [6, 6.07) is 10.6. The van der Waals surface area contributed by atoms with Gasteiger partial charge >= 0.3 is 0 Å². The van der Waals surface area contributed by atoms with Crippen LogP contribution < -0.4 is 10.8 Å². The highest BCUT2D eigenvalue weighted by atomic mass is 79.9. The van der Waals surface area contributed by atoms with Gasteiger partial charge in [0.1, 0.15) is 0 Å². The zero-order chi connectivity index (χ0) is 15.4. The molecular weight excluding hydrogens is 356 g/mol. The van der Waals surface area contributed by atoms with Crippen LogP contribution in [0.1, 0.15) is 37.9 Å². The van der Waals surface area contributed by atoms with Crippen LogP contribution in [0, 0.1) is 0 Å². The molecule has 0 radical (unpaired) electrons. The normalized spacial score (nSPS) is 11.8. The molecule has 1 aromatic heterocycles. The van der Waals surface area contributed by atoms with Crippen molar-refractivity contribution in [3.8, 4) is 0 Å². The number of carbonyl (C=O) groups is 2. The first-order chi connectivity index (χ1) is 10.0. The van der Waals surface area contributed by atoms with E-state index in [4.69, 9.17) is 5.21 Å². The van der Waals surface area contributed by atoms with Crippen LogP contribution in [-0.2, 0) is 0 Å². The van der Waals surface area contributed by atoms with Crippen LogP contribution in [0.15, 0.2) is 40.9 Å². The monoisotopic (exact) mass is 368 g/mol. The van der Waals surface area contributed by atoms with Crippen molar-refractivity contribution in [3.05, 3.63) is 56.2 Å². The van der Waals surface area contributed by atoms with Crippen molar-refractivity contribution in [1.29, 1.82) is 0 Å². The Morgan fingerprint density at radius 3 is 2.24 bits per heavy atom. The molecule has 5 nitrogen and oxygen atoms in total. The fraction of sp³-hybridized carbons (Fsp3) is 0.143. The van der Waals surface area contributed by atoms with Gasteiger partial charge in [-0.3, -0.25) is 14.8 Å². The van der Waals surface area contributed by atoms with Crippen molar-refractivity contribution in [1.82, 2.24) is 10.8 Å². The molecule has 2 rings (SSSR count). The summed E-state index contributed by atoms with van der Waals surface area (Å²) in [4.78, 5) is 24.0. The van der Waals surface area contributed by atoms with Gasteiger partial charge in [0.25, 0.3) is 11.8 Å². The van der Waals surface area contributed by atoms with Crippen molar-refractivity contribution in [2.75, 3.05) is 0 Å². The Morgan fingerprint density at radius 1 is 1.10 bits per heavy atom. The van der Waals surface area contributed by atoms with Gasteiger partial charge in [-0.25, -0.2) is 5.48 Å². The molecule has 0 fully saturated rings. The number of nitrogens with one attached hydrogen (secondary N) is 2. The number of rotatable bonds is 4. The maximum atomic E-state index is 12.1. The quantitative estimate of drug-likeness (QED) is 0.572. The predicted molar refractivity (Wildman–Crippen MR) is 83.6 cm³/mol. The molecule has 0 aliphatic rings. The average molecular weight is 369 g/mol. The van der Waals surface area contributed by atoms with Gasteiger partial charge in [0, 0.05) is 4.47 Å². The molecule has 1 heterocycles. The number of benzene rings is 1. The summed E-state index contributed by atoms with van der Waals surface area (Å²) in [5, 5.41) is 11.4. The summed E-state index contributed by atoms with van der Waals surface area (Å²) >= 11 is 4.38. The molecule has 2 amide bonds. The molecule has 110 valence electrons. The van der Waals surface area contributed by atoms with Gasteiger partial charge in [0.05, 0.1) is 15.8 Å². The number of hydroxylamine groups is 1. The lowest BCUT2D eigenvalue weighted by molar-refractivity contribution is 0.0711. The Kier molecular flexibility index (Phi) is 5.11. The molecule has 21 heavy (non-hydrogen) atoms. The minimum Gasteiger partial charge on any atom is -0.345 e. The van der Waals surface area contributed by atoms with E-state index >= 15 is 0 Å². The fourth-order valence-corrected chi connectivity index (χ4v) is 2.80. The summed E-state index contributed by atoms with van der Waals surface area (Å²) in [6.07, 6.45) is 0. The zero-order valence-electron chi connectivity index (χ0n) is 11.1. The summed E-state index contributed by atoms with van der Waals surface area (Å²) in [5.74, 6) is -0.882. The SMILES string of the molecule is C[C@@H](NC(=O)c1ccc(C(=O)NO)s1)c1ccc(Br)cc1. The van der Waals surface area contributed by atoms with E-state index in [1.807, 2.05) is 31.2 Å². The largest absolute Gasteiger partial charge is 0.345 e. The lowest BCUT2D eigenvalue weighted by atomic mass is 10.1. The Bertz CT molecular complexity index is 654. The summed E-state index contributed by atoms with van der Waals surface area (Å²) < 4.78 is 0.975. The van der Waals surface area contributed by atoms with E-state index in [2.05, 4.69) is 21.2 Å². The lowest BCUT2D eigenvalue weighted by Gasteiger charge is -2.13. The molecule has 3 N–H and O–H groups in total. The Labute approximate surface area is 134 Å². The Balaban J connectivity index is 2.05. The third kappa shape index (κ3) is 3.90. The number of carbonyl (C=O) groups excluding carboxylic acids is 2. The van der Waals surface area contributed by atoms with E-state index in [1.54, 1.807) is 11.5 Å². The van der Waals surface area contributed by atoms with Crippen molar-refractivity contribution in [2.24, 2.45) is 0 Å². The highest BCUT2D eigenvalue weighted by Gasteiger charge is 2.15. The summed E-state index contributed by atoms with van der Waals surface area (Å²) in [5.41, 5.74) is 2.52. The smallest absolute Gasteiger partial charge is 0.284 e. The third-order valence-corrected chi connectivity index (χ3v) is 4.48. The van der Waals surface area contributed by atoms with Gasteiger partial charge in [-0.15, -0.1) is 11.3 Å². The fourth-order valence-electron chi connectivity index (χ4n) is 1.74. The van der Waals surface area contributed by atoms with Crippen LogP contribution in [0.4, 0.5) is 0 Å². The standard InChI is InChI=1S/C14H13BrN2O3S/c1-8(9-2-4-10(15)5-3-9)16-13(18)11-6-7-12(21-11)14(19)17-20/h2-8,20H,1H3,(H,16,18)(H,17,19)/t8-/m1/s1. The molecule has 0 spiro atoms. The first-order valence-electron chi connectivity index (χ1n) is 6.12. The number of hydrogen-bond acceptors (Lipinski definition) is 4. The zero-order valence-corrected chi connectivity index (χ0v) is 13.5. The van der Waals surface area contributed by atoms with Crippen molar-refractivity contribution in [2.45, 2.75) is 13.0 Å². The summed E-state index contributed by atoms with van der Waals surface area (Å²) in [7, 11) is 0. The van der Waals surface area contributed by atoms with Crippen LogP contribution in [0.25, 0.3) is 0 Å². The van der Waals surface area contributed by atoms with Crippen LogP contribution in [0.2, 0.25) is 0 Å². The predicted octanol–water partition coefficient (Wildman–Crippen LogP) is 3.12. The van der Waals surface area contributed by atoms with E-state index < -0.39 is 5.91 Å². The minimum atomic E-state index is -0.625. The molecule has 7 heteroatoms. The van der Waals surface area contributed by atoms with Gasteiger partial charge in [-0.05, 0) is 36.8 Å². The van der Waals surface area contributed by atoms with Crippen molar-refractivity contribution < 1.29 is 14.8 Å². The van der Waals surface area contributed by atoms with Crippen LogP contribution in [0.3, 0.4) is 0 Å². The Morgan fingerprint density at radius 2 is 1.67 bits per heavy atom. The number of thiophene rings is 1. The van der Waals surface area contributed by atoms with E-state index in [0.29, 0.717) is 4.88 Å². The van der Waals surface area contributed by atoms with Crippen LogP contribution in [0.5, 0.6) is 0 Å². The van der Waals surface area contributed by atoms with E-state index in [-0.39, 0.29) is 16.8 Å². The van der Waals surface area contributed by atoms with Crippen LogP contribution in [-0.4, -0.2) is 17.0 Å². The topological polar surface area (TPSA) is 78.4 Å². The molecule has 1 aromatic carbocycles. The molecule has 0 saturated heterocycles. The van der Waals surface area contributed by atoms with Gasteiger partial charge in [0.15, 0.2) is 0 Å². The molecule has 0 bridgehead atoms. The van der Waals surface area contributed by atoms with Crippen LogP contribution >= 0.6 is 27.3 Å². The molecule has 0 unspecified atom stereocenters. The summed E-state index contributed by atoms with van der Waals surface area (Å²) in [6.45, 7) is 1.89. The maximum absolute atomic E-state index is 12.1.